The number of carbonyl (C=O) groups excluding carboxylic acids is 2. The number of rotatable bonds is 9. The Morgan fingerprint density at radius 3 is 2.38 bits per heavy atom. The molecule has 2 rings (SSSR count). The molecule has 10 heteroatoms. The van der Waals surface area contributed by atoms with Crippen molar-refractivity contribution < 1.29 is 29.4 Å². The van der Waals surface area contributed by atoms with Crippen LogP contribution in [0.1, 0.15) is 23.2 Å². The first-order valence-corrected chi connectivity index (χ1v) is 9.68. The van der Waals surface area contributed by atoms with E-state index in [0.717, 1.165) is 0 Å². The van der Waals surface area contributed by atoms with Crippen molar-refractivity contribution in [1.82, 2.24) is 0 Å². The maximum atomic E-state index is 12.2. The van der Waals surface area contributed by atoms with E-state index in [1.165, 1.54) is 30.0 Å². The summed E-state index contributed by atoms with van der Waals surface area (Å²) in [5.41, 5.74) is 0.698. The summed E-state index contributed by atoms with van der Waals surface area (Å²) < 4.78 is 0. The Labute approximate surface area is 175 Å². The molecule has 4 N–H and O–H groups in total. The lowest BCUT2D eigenvalue weighted by molar-refractivity contribution is -0.138. The number of thioether (sulfide) groups is 1. The van der Waals surface area contributed by atoms with Gasteiger partial charge in [-0.05, 0) is 36.4 Å². The van der Waals surface area contributed by atoms with Crippen molar-refractivity contribution in [2.24, 2.45) is 0 Å². The van der Waals surface area contributed by atoms with Gasteiger partial charge in [-0.3, -0.25) is 14.4 Å². The maximum absolute atomic E-state index is 12.2. The lowest BCUT2D eigenvalue weighted by Gasteiger charge is -2.09. The molecule has 0 unspecified atom stereocenters. The first kappa shape index (κ1) is 22.3. The van der Waals surface area contributed by atoms with E-state index in [4.69, 9.17) is 21.8 Å². The molecule has 152 valence electrons. The van der Waals surface area contributed by atoms with E-state index in [1.807, 2.05) is 0 Å². The topological polar surface area (TPSA) is 133 Å². The highest BCUT2D eigenvalue weighted by molar-refractivity contribution is 8.00. The highest BCUT2D eigenvalue weighted by Gasteiger charge is 2.11. The van der Waals surface area contributed by atoms with Gasteiger partial charge in [0.2, 0.25) is 11.8 Å². The first-order valence-electron chi connectivity index (χ1n) is 8.32. The number of amides is 2. The van der Waals surface area contributed by atoms with E-state index in [1.54, 1.807) is 24.3 Å². The predicted molar refractivity (Wildman–Crippen MR) is 110 cm³/mol. The molecule has 0 aromatic heterocycles. The molecule has 2 aromatic carbocycles. The number of benzene rings is 2. The standard InChI is InChI=1S/C19H17ClN2O6S/c20-14-5-4-11(19(27)28)8-15(14)22-17(24)10-29-13-3-1-2-12(9-13)21-16(23)6-7-18(25)26/h1-5,8-9H,6-7,10H2,(H,21,23)(H,22,24)(H,25,26)(H,27,28). The minimum absolute atomic E-state index is 0.00342. The van der Waals surface area contributed by atoms with Crippen LogP contribution in [0.5, 0.6) is 0 Å². The molecule has 0 heterocycles. The van der Waals surface area contributed by atoms with Crippen LogP contribution in [0.2, 0.25) is 5.02 Å². The van der Waals surface area contributed by atoms with Crippen LogP contribution in [0.15, 0.2) is 47.4 Å². The van der Waals surface area contributed by atoms with Crippen LogP contribution in [-0.2, 0) is 14.4 Å². The normalized spacial score (nSPS) is 10.2. The van der Waals surface area contributed by atoms with Crippen LogP contribution in [0, 0.1) is 0 Å². The fraction of sp³-hybridized carbons (Fsp3) is 0.158. The molecule has 0 saturated carbocycles. The number of nitrogens with one attached hydrogen (secondary N) is 2. The van der Waals surface area contributed by atoms with Crippen molar-refractivity contribution in [3.63, 3.8) is 0 Å². The molecule has 0 bridgehead atoms. The van der Waals surface area contributed by atoms with Crippen molar-refractivity contribution in [3.8, 4) is 0 Å². The highest BCUT2D eigenvalue weighted by atomic mass is 35.5. The second-order valence-corrected chi connectivity index (χ2v) is 7.26. The van der Waals surface area contributed by atoms with Crippen LogP contribution in [0.3, 0.4) is 0 Å². The number of aliphatic carboxylic acids is 1. The third-order valence-corrected chi connectivity index (χ3v) is 4.86. The van der Waals surface area contributed by atoms with Crippen LogP contribution >= 0.6 is 23.4 Å². The van der Waals surface area contributed by atoms with Gasteiger partial charge in [-0.15, -0.1) is 11.8 Å². The van der Waals surface area contributed by atoms with Crippen LogP contribution in [0.25, 0.3) is 0 Å². The Kier molecular flexibility index (Phi) is 8.05. The molecule has 0 spiro atoms. The lowest BCUT2D eigenvalue weighted by Crippen LogP contribution is -2.15. The summed E-state index contributed by atoms with van der Waals surface area (Å²) in [4.78, 5) is 46.1. The van der Waals surface area contributed by atoms with E-state index in [-0.39, 0.29) is 40.8 Å². The average Bonchev–Trinajstić information content (AvgIpc) is 2.66. The second-order valence-electron chi connectivity index (χ2n) is 5.81. The summed E-state index contributed by atoms with van der Waals surface area (Å²) in [7, 11) is 0. The summed E-state index contributed by atoms with van der Waals surface area (Å²) in [6.07, 6.45) is -0.392. The molecular weight excluding hydrogens is 420 g/mol. The number of hydrogen-bond acceptors (Lipinski definition) is 5. The number of carboxylic acid groups (broad SMARTS) is 2. The summed E-state index contributed by atoms with van der Waals surface area (Å²) in [5, 5.41) is 23.0. The van der Waals surface area contributed by atoms with Crippen LogP contribution in [0.4, 0.5) is 11.4 Å². The molecule has 2 aromatic rings. The molecule has 0 fully saturated rings. The van der Waals surface area contributed by atoms with E-state index in [9.17, 15) is 19.2 Å². The lowest BCUT2D eigenvalue weighted by atomic mass is 10.2. The van der Waals surface area contributed by atoms with Gasteiger partial charge in [0.25, 0.3) is 0 Å². The van der Waals surface area contributed by atoms with Gasteiger partial charge < -0.3 is 20.8 Å². The van der Waals surface area contributed by atoms with Gasteiger partial charge >= 0.3 is 11.9 Å². The third kappa shape index (κ3) is 7.47. The number of hydrogen-bond donors (Lipinski definition) is 4. The molecule has 29 heavy (non-hydrogen) atoms. The van der Waals surface area contributed by atoms with Gasteiger partial charge in [0, 0.05) is 17.0 Å². The van der Waals surface area contributed by atoms with Crippen molar-refractivity contribution >= 4 is 58.5 Å². The zero-order chi connectivity index (χ0) is 21.4. The zero-order valence-electron chi connectivity index (χ0n) is 15.0. The number of carbonyl (C=O) groups is 4. The maximum Gasteiger partial charge on any atom is 0.335 e. The minimum Gasteiger partial charge on any atom is -0.481 e. The largest absolute Gasteiger partial charge is 0.481 e. The van der Waals surface area contributed by atoms with Crippen molar-refractivity contribution in [2.75, 3.05) is 16.4 Å². The van der Waals surface area contributed by atoms with Gasteiger partial charge in [-0.1, -0.05) is 17.7 Å². The van der Waals surface area contributed by atoms with E-state index in [0.29, 0.717) is 10.6 Å². The van der Waals surface area contributed by atoms with Crippen molar-refractivity contribution in [3.05, 3.63) is 53.1 Å². The number of carboxylic acids is 2. The van der Waals surface area contributed by atoms with Gasteiger partial charge in [0.05, 0.1) is 28.4 Å². The molecule has 0 saturated heterocycles. The van der Waals surface area contributed by atoms with E-state index < -0.39 is 17.8 Å². The quantitative estimate of drug-likeness (QED) is 0.441. The number of halogens is 1. The molecular formula is C19H17ClN2O6S. The molecule has 0 aliphatic heterocycles. The molecule has 8 nitrogen and oxygen atoms in total. The van der Waals surface area contributed by atoms with E-state index in [2.05, 4.69) is 10.6 Å². The summed E-state index contributed by atoms with van der Waals surface area (Å²) in [6.45, 7) is 0. The zero-order valence-corrected chi connectivity index (χ0v) is 16.5. The molecule has 0 aliphatic rings. The average molecular weight is 437 g/mol. The molecule has 2 amide bonds. The fourth-order valence-corrected chi connectivity index (χ4v) is 3.12. The van der Waals surface area contributed by atoms with Gasteiger partial charge in [0.15, 0.2) is 0 Å². The fourth-order valence-electron chi connectivity index (χ4n) is 2.20. The van der Waals surface area contributed by atoms with E-state index >= 15 is 0 Å². The SMILES string of the molecule is O=C(O)CCC(=O)Nc1cccc(SCC(=O)Nc2cc(C(=O)O)ccc2Cl)c1. The van der Waals surface area contributed by atoms with Crippen LogP contribution < -0.4 is 10.6 Å². The monoisotopic (exact) mass is 436 g/mol. The molecule has 0 aliphatic carbocycles. The third-order valence-electron chi connectivity index (χ3n) is 3.54. The Hall–Kier alpha value is -3.04. The predicted octanol–water partition coefficient (Wildman–Crippen LogP) is 3.57. The second kappa shape index (κ2) is 10.5. The van der Waals surface area contributed by atoms with Crippen LogP contribution in [-0.4, -0.2) is 39.7 Å². The van der Waals surface area contributed by atoms with Gasteiger partial charge in [-0.2, -0.15) is 0 Å². The summed E-state index contributed by atoms with van der Waals surface area (Å²) >= 11 is 7.19. The molecule has 0 radical (unpaired) electrons. The Balaban J connectivity index is 1.92. The summed E-state index contributed by atoms with van der Waals surface area (Å²) in [5.74, 6) is -2.95. The van der Waals surface area contributed by atoms with Crippen molar-refractivity contribution in [1.29, 1.82) is 0 Å². The highest BCUT2D eigenvalue weighted by Crippen LogP contribution is 2.25. The first-order chi connectivity index (χ1) is 13.7. The Morgan fingerprint density at radius 2 is 1.69 bits per heavy atom. The van der Waals surface area contributed by atoms with Crippen molar-refractivity contribution in [2.45, 2.75) is 17.7 Å². The number of aromatic carboxylic acids is 1. The Morgan fingerprint density at radius 1 is 0.931 bits per heavy atom. The minimum atomic E-state index is -1.13. The smallest absolute Gasteiger partial charge is 0.335 e. The van der Waals surface area contributed by atoms with Gasteiger partial charge in [0.1, 0.15) is 0 Å². The van der Waals surface area contributed by atoms with Gasteiger partial charge in [-0.25, -0.2) is 4.79 Å². The summed E-state index contributed by atoms with van der Waals surface area (Å²) in [6, 6.07) is 10.8. The molecule has 0 atom stereocenters. The number of anilines is 2. The Bertz CT molecular complexity index is 950.